The molecule has 2 rings (SSSR count). The van der Waals surface area contributed by atoms with E-state index >= 15 is 0 Å². The number of rotatable bonds is 8. The minimum Gasteiger partial charge on any atom is -0.448 e. The Morgan fingerprint density at radius 2 is 1.91 bits per heavy atom. The van der Waals surface area contributed by atoms with Crippen LogP contribution in [-0.4, -0.2) is 22.5 Å². The van der Waals surface area contributed by atoms with Crippen LogP contribution < -0.4 is 5.32 Å². The average molecular weight is 443 g/mol. The maximum atomic E-state index is 13.7. The van der Waals surface area contributed by atoms with Gasteiger partial charge in [0.1, 0.15) is 23.3 Å². The smallest absolute Gasteiger partial charge is 0.349 e. The van der Waals surface area contributed by atoms with E-state index < -0.39 is 29.6 Å². The molecule has 0 radical (unpaired) electrons. The summed E-state index contributed by atoms with van der Waals surface area (Å²) in [6.45, 7) is 10.3. The normalized spacial score (nSPS) is 12.4. The highest BCUT2D eigenvalue weighted by Gasteiger charge is 2.22. The van der Waals surface area contributed by atoms with E-state index in [2.05, 4.69) is 23.7 Å². The van der Waals surface area contributed by atoms with Crippen molar-refractivity contribution in [3.63, 3.8) is 0 Å². The third kappa shape index (κ3) is 6.27. The molecule has 0 fully saturated rings. The molecule has 0 aliphatic carbocycles. The number of halogens is 2. The lowest BCUT2D eigenvalue weighted by Gasteiger charge is -2.13. The molecule has 1 aromatic carbocycles. The first-order valence-corrected chi connectivity index (χ1v) is 10.3. The van der Waals surface area contributed by atoms with Gasteiger partial charge >= 0.3 is 5.97 Å². The molecule has 170 valence electrons. The first-order chi connectivity index (χ1) is 15.0. The minimum absolute atomic E-state index is 0.246. The molecule has 1 atom stereocenters. The molecule has 8 heteroatoms. The number of aromatic nitrogens is 1. The third-order valence-corrected chi connectivity index (χ3v) is 5.03. The summed E-state index contributed by atoms with van der Waals surface area (Å²) in [5, 5.41) is 11.7. The summed E-state index contributed by atoms with van der Waals surface area (Å²) in [6.07, 6.45) is 1.12. The second kappa shape index (κ2) is 10.7. The second-order valence-electron chi connectivity index (χ2n) is 7.99. The SMILES string of the molecule is Cc1cc(/C=C(\C#N)C(=O)OC(C)C(=O)Nc2ccc(F)cc2F)c(C)n1CCC(C)C. The number of nitrogens with zero attached hydrogens (tertiary/aromatic N) is 2. The minimum atomic E-state index is -1.30. The van der Waals surface area contributed by atoms with Crippen LogP contribution in [0.5, 0.6) is 0 Å². The van der Waals surface area contributed by atoms with Gasteiger partial charge in [-0.15, -0.1) is 0 Å². The first-order valence-electron chi connectivity index (χ1n) is 10.3. The molecule has 1 N–H and O–H groups in total. The summed E-state index contributed by atoms with van der Waals surface area (Å²) in [7, 11) is 0. The van der Waals surface area contributed by atoms with Crippen molar-refractivity contribution < 1.29 is 23.1 Å². The lowest BCUT2D eigenvalue weighted by molar-refractivity contribution is -0.148. The van der Waals surface area contributed by atoms with Gasteiger partial charge in [-0.05, 0) is 62.9 Å². The summed E-state index contributed by atoms with van der Waals surface area (Å²) in [6, 6.07) is 6.37. The molecule has 1 aromatic heterocycles. The molecule has 0 aliphatic heterocycles. The van der Waals surface area contributed by atoms with E-state index in [0.717, 1.165) is 36.5 Å². The van der Waals surface area contributed by atoms with Gasteiger partial charge in [0.15, 0.2) is 6.10 Å². The molecular weight excluding hydrogens is 416 g/mol. The molecule has 0 aliphatic rings. The van der Waals surface area contributed by atoms with Gasteiger partial charge in [-0.25, -0.2) is 13.6 Å². The van der Waals surface area contributed by atoms with E-state index in [1.807, 2.05) is 26.0 Å². The summed E-state index contributed by atoms with van der Waals surface area (Å²) in [4.78, 5) is 24.7. The predicted octanol–water partition coefficient (Wildman–Crippen LogP) is 4.91. The highest BCUT2D eigenvalue weighted by Crippen LogP contribution is 2.21. The third-order valence-electron chi connectivity index (χ3n) is 5.03. The summed E-state index contributed by atoms with van der Waals surface area (Å²) in [5.74, 6) is -2.99. The standard InChI is InChI=1S/C24H27F2N3O3/c1-14(2)8-9-29-15(3)10-18(16(29)4)11-19(13-27)24(31)32-17(5)23(30)28-22-7-6-20(25)12-21(22)26/h6-7,10-12,14,17H,8-9H2,1-5H3,(H,28,30)/b19-11+. The number of ether oxygens (including phenoxy) is 1. The van der Waals surface area contributed by atoms with Crippen molar-refractivity contribution in [3.8, 4) is 6.07 Å². The molecule has 6 nitrogen and oxygen atoms in total. The maximum Gasteiger partial charge on any atom is 0.349 e. The second-order valence-corrected chi connectivity index (χ2v) is 7.99. The predicted molar refractivity (Wildman–Crippen MR) is 117 cm³/mol. The van der Waals surface area contributed by atoms with E-state index in [4.69, 9.17) is 4.74 Å². The van der Waals surface area contributed by atoms with E-state index in [-0.39, 0.29) is 11.3 Å². The number of nitriles is 1. The number of anilines is 1. The van der Waals surface area contributed by atoms with Gasteiger partial charge in [0.05, 0.1) is 5.69 Å². The lowest BCUT2D eigenvalue weighted by Crippen LogP contribution is -2.30. The van der Waals surface area contributed by atoms with Gasteiger partial charge in [-0.2, -0.15) is 5.26 Å². The van der Waals surface area contributed by atoms with E-state index in [0.29, 0.717) is 17.5 Å². The number of nitrogens with one attached hydrogen (secondary N) is 1. The van der Waals surface area contributed by atoms with Crippen LogP contribution in [0.15, 0.2) is 29.8 Å². The van der Waals surface area contributed by atoms with Gasteiger partial charge in [-0.1, -0.05) is 13.8 Å². The monoisotopic (exact) mass is 443 g/mol. The van der Waals surface area contributed by atoms with Crippen molar-refractivity contribution in [2.45, 2.75) is 53.7 Å². The van der Waals surface area contributed by atoms with Crippen molar-refractivity contribution in [2.75, 3.05) is 5.32 Å². The number of carbonyl (C=O) groups is 2. The summed E-state index contributed by atoms with van der Waals surface area (Å²) >= 11 is 0. The molecule has 0 spiro atoms. The van der Waals surface area contributed by atoms with Crippen LogP contribution >= 0.6 is 0 Å². The highest BCUT2D eigenvalue weighted by atomic mass is 19.1. The topological polar surface area (TPSA) is 84.1 Å². The van der Waals surface area contributed by atoms with Crippen molar-refractivity contribution in [3.05, 3.63) is 58.4 Å². The Kier molecular flexibility index (Phi) is 8.30. The maximum absolute atomic E-state index is 13.7. The van der Waals surface area contributed by atoms with Gasteiger partial charge in [0.25, 0.3) is 5.91 Å². The molecule has 2 aromatic rings. The quantitative estimate of drug-likeness (QED) is 0.357. The van der Waals surface area contributed by atoms with Crippen LogP contribution in [0.4, 0.5) is 14.5 Å². The molecule has 0 bridgehead atoms. The summed E-state index contributed by atoms with van der Waals surface area (Å²) in [5.41, 5.74) is 2.13. The Balaban J connectivity index is 2.12. The zero-order valence-electron chi connectivity index (χ0n) is 18.8. The van der Waals surface area contributed by atoms with E-state index in [9.17, 15) is 23.6 Å². The Labute approximate surface area is 186 Å². The zero-order valence-corrected chi connectivity index (χ0v) is 18.8. The molecular formula is C24H27F2N3O3. The molecule has 32 heavy (non-hydrogen) atoms. The summed E-state index contributed by atoms with van der Waals surface area (Å²) < 4.78 is 33.9. The first kappa shape index (κ1) is 24.8. The van der Waals surface area contributed by atoms with Gasteiger partial charge in [0.2, 0.25) is 0 Å². The number of amides is 1. The lowest BCUT2D eigenvalue weighted by atomic mass is 10.1. The molecule has 1 heterocycles. The van der Waals surface area contributed by atoms with Crippen LogP contribution in [0.3, 0.4) is 0 Å². The Morgan fingerprint density at radius 3 is 2.50 bits per heavy atom. The fourth-order valence-corrected chi connectivity index (χ4v) is 3.10. The Bertz CT molecular complexity index is 1080. The fourth-order valence-electron chi connectivity index (χ4n) is 3.10. The number of esters is 1. The molecule has 0 saturated heterocycles. The van der Waals surface area contributed by atoms with Crippen molar-refractivity contribution in [1.82, 2.24) is 4.57 Å². The van der Waals surface area contributed by atoms with Gasteiger partial charge in [-0.3, -0.25) is 4.79 Å². The van der Waals surface area contributed by atoms with Crippen LogP contribution in [0.25, 0.3) is 6.08 Å². The number of carbonyl (C=O) groups excluding carboxylic acids is 2. The number of aryl methyl sites for hydroxylation is 1. The van der Waals surface area contributed by atoms with Crippen molar-refractivity contribution in [1.29, 1.82) is 5.26 Å². The van der Waals surface area contributed by atoms with Crippen LogP contribution in [0.2, 0.25) is 0 Å². The number of hydrogen-bond acceptors (Lipinski definition) is 4. The van der Waals surface area contributed by atoms with Crippen LogP contribution in [0.1, 0.15) is 44.1 Å². The van der Waals surface area contributed by atoms with Crippen LogP contribution in [0, 0.1) is 42.7 Å². The van der Waals surface area contributed by atoms with E-state index in [1.165, 1.54) is 13.0 Å². The van der Waals surface area contributed by atoms with Crippen LogP contribution in [-0.2, 0) is 20.9 Å². The zero-order chi connectivity index (χ0) is 24.0. The highest BCUT2D eigenvalue weighted by molar-refractivity contribution is 6.01. The molecule has 1 unspecified atom stereocenters. The average Bonchev–Trinajstić information content (AvgIpc) is 2.98. The van der Waals surface area contributed by atoms with Gasteiger partial charge < -0.3 is 14.6 Å². The molecule has 1 amide bonds. The molecule has 0 saturated carbocycles. The van der Waals surface area contributed by atoms with E-state index in [1.54, 1.807) is 0 Å². The largest absolute Gasteiger partial charge is 0.448 e. The van der Waals surface area contributed by atoms with Crippen molar-refractivity contribution >= 4 is 23.6 Å². The Hall–Kier alpha value is -3.47. The van der Waals surface area contributed by atoms with Crippen molar-refractivity contribution in [2.24, 2.45) is 5.92 Å². The van der Waals surface area contributed by atoms with Gasteiger partial charge in [0, 0.05) is 24.0 Å². The number of benzene rings is 1. The Morgan fingerprint density at radius 1 is 1.22 bits per heavy atom. The fraction of sp³-hybridized carbons (Fsp3) is 0.375. The number of hydrogen-bond donors (Lipinski definition) is 1.